The summed E-state index contributed by atoms with van der Waals surface area (Å²) in [6.45, 7) is 5.71. The van der Waals surface area contributed by atoms with Gasteiger partial charge < -0.3 is 4.74 Å². The molecule has 2 aromatic rings. The summed E-state index contributed by atoms with van der Waals surface area (Å²) in [5, 5.41) is 0. The number of carbonyl (C=O) groups excluding carboxylic acids is 2. The number of hydrogen-bond acceptors (Lipinski definition) is 5. The van der Waals surface area contributed by atoms with E-state index in [0.717, 1.165) is 15.4 Å². The van der Waals surface area contributed by atoms with E-state index < -0.39 is 21.8 Å². The molecule has 9 heteroatoms. The normalized spacial score (nSPS) is 11.4. The van der Waals surface area contributed by atoms with Gasteiger partial charge in [-0.25, -0.2) is 12.7 Å². The van der Waals surface area contributed by atoms with Gasteiger partial charge in [0.1, 0.15) is 5.75 Å². The van der Waals surface area contributed by atoms with Crippen LogP contribution in [0.1, 0.15) is 41.3 Å². The molecule has 162 valence electrons. The third-order valence-corrected chi connectivity index (χ3v) is 6.15. The van der Waals surface area contributed by atoms with Gasteiger partial charge in [-0.05, 0) is 48.2 Å². The summed E-state index contributed by atoms with van der Waals surface area (Å²) in [6, 6.07) is 11.4. The Labute approximate surface area is 177 Å². The lowest BCUT2D eigenvalue weighted by atomic mass is 10.0. The number of benzene rings is 2. The fourth-order valence-electron chi connectivity index (χ4n) is 2.63. The van der Waals surface area contributed by atoms with Crippen molar-refractivity contribution in [3.63, 3.8) is 0 Å². The summed E-state index contributed by atoms with van der Waals surface area (Å²) in [5.74, 6) is -0.337. The van der Waals surface area contributed by atoms with E-state index >= 15 is 0 Å². The number of amides is 2. The Hall–Kier alpha value is -2.91. The fourth-order valence-corrected chi connectivity index (χ4v) is 3.58. The fraction of sp³-hybridized carbons (Fsp3) is 0.333. The number of rotatable bonds is 7. The standard InChI is InChI=1S/C21H27N3O5S/c1-14(2)18-10-9-15(3)11-19(18)29-13-20(25)22-23-21(26)16-7-6-8-17(12-16)30(27,28)24(4)5/h6-12,14H,13H2,1-5H3,(H,22,25)(H,23,26). The lowest BCUT2D eigenvalue weighted by molar-refractivity contribution is -0.123. The van der Waals surface area contributed by atoms with Crippen LogP contribution in [0.2, 0.25) is 0 Å². The molecule has 2 amide bonds. The van der Waals surface area contributed by atoms with Crippen molar-refractivity contribution in [2.75, 3.05) is 20.7 Å². The maximum atomic E-state index is 12.3. The zero-order valence-corrected chi connectivity index (χ0v) is 18.5. The van der Waals surface area contributed by atoms with Gasteiger partial charge in [0.15, 0.2) is 6.61 Å². The SMILES string of the molecule is Cc1ccc(C(C)C)c(OCC(=O)NNC(=O)c2cccc(S(=O)(=O)N(C)C)c2)c1. The van der Waals surface area contributed by atoms with Gasteiger partial charge >= 0.3 is 0 Å². The molecule has 0 aliphatic rings. The minimum absolute atomic E-state index is 0.0181. The van der Waals surface area contributed by atoms with Gasteiger partial charge in [0.05, 0.1) is 4.90 Å². The minimum atomic E-state index is -3.67. The maximum Gasteiger partial charge on any atom is 0.276 e. The zero-order valence-electron chi connectivity index (χ0n) is 17.7. The van der Waals surface area contributed by atoms with Gasteiger partial charge in [-0.3, -0.25) is 20.4 Å². The molecule has 0 bridgehead atoms. The van der Waals surface area contributed by atoms with Crippen molar-refractivity contribution in [1.82, 2.24) is 15.2 Å². The second-order valence-corrected chi connectivity index (χ2v) is 9.45. The third kappa shape index (κ3) is 5.80. The van der Waals surface area contributed by atoms with Crippen LogP contribution in [0.3, 0.4) is 0 Å². The van der Waals surface area contributed by atoms with Crippen molar-refractivity contribution in [2.24, 2.45) is 0 Å². The van der Waals surface area contributed by atoms with E-state index in [4.69, 9.17) is 4.74 Å². The number of hydrogen-bond donors (Lipinski definition) is 2. The molecule has 0 saturated heterocycles. The molecule has 0 aliphatic carbocycles. The third-order valence-electron chi connectivity index (χ3n) is 4.34. The number of sulfonamides is 1. The Balaban J connectivity index is 1.98. The second-order valence-electron chi connectivity index (χ2n) is 7.30. The van der Waals surface area contributed by atoms with Crippen LogP contribution in [0.25, 0.3) is 0 Å². The molecule has 0 aromatic heterocycles. The molecule has 0 saturated carbocycles. The molecule has 0 aliphatic heterocycles. The van der Waals surface area contributed by atoms with Crippen LogP contribution in [-0.2, 0) is 14.8 Å². The van der Waals surface area contributed by atoms with Gasteiger partial charge in [-0.15, -0.1) is 0 Å². The van der Waals surface area contributed by atoms with Crippen LogP contribution in [0.5, 0.6) is 5.75 Å². The summed E-state index contributed by atoms with van der Waals surface area (Å²) in [7, 11) is -0.864. The van der Waals surface area contributed by atoms with Crippen LogP contribution in [-0.4, -0.2) is 45.2 Å². The van der Waals surface area contributed by atoms with Crippen LogP contribution >= 0.6 is 0 Å². The zero-order chi connectivity index (χ0) is 22.5. The summed E-state index contributed by atoms with van der Waals surface area (Å²) in [5.41, 5.74) is 6.63. The molecule has 2 rings (SSSR count). The molecule has 2 N–H and O–H groups in total. The first kappa shape index (κ1) is 23.4. The van der Waals surface area contributed by atoms with Gasteiger partial charge in [-0.2, -0.15) is 0 Å². The van der Waals surface area contributed by atoms with Crippen molar-refractivity contribution in [1.29, 1.82) is 0 Å². The highest BCUT2D eigenvalue weighted by atomic mass is 32.2. The quantitative estimate of drug-likeness (QED) is 0.652. The first-order chi connectivity index (χ1) is 14.0. The summed E-state index contributed by atoms with van der Waals surface area (Å²) in [6.07, 6.45) is 0. The molecule has 0 heterocycles. The number of hydrazine groups is 1. The molecule has 0 fully saturated rings. The van der Waals surface area contributed by atoms with E-state index in [1.165, 1.54) is 38.4 Å². The topological polar surface area (TPSA) is 105 Å². The lowest BCUT2D eigenvalue weighted by Crippen LogP contribution is -2.43. The monoisotopic (exact) mass is 433 g/mol. The second kappa shape index (κ2) is 9.73. The van der Waals surface area contributed by atoms with E-state index in [1.807, 2.05) is 39.0 Å². The van der Waals surface area contributed by atoms with Crippen molar-refractivity contribution in [3.8, 4) is 5.75 Å². The van der Waals surface area contributed by atoms with Crippen molar-refractivity contribution >= 4 is 21.8 Å². The highest BCUT2D eigenvalue weighted by Crippen LogP contribution is 2.27. The first-order valence-electron chi connectivity index (χ1n) is 9.37. The van der Waals surface area contributed by atoms with E-state index in [-0.39, 0.29) is 23.0 Å². The van der Waals surface area contributed by atoms with E-state index in [9.17, 15) is 18.0 Å². The summed E-state index contributed by atoms with van der Waals surface area (Å²) < 4.78 is 31.1. The number of ether oxygens (including phenoxy) is 1. The van der Waals surface area contributed by atoms with Gasteiger partial charge in [0.2, 0.25) is 10.0 Å². The average Bonchev–Trinajstić information content (AvgIpc) is 2.70. The molecule has 0 atom stereocenters. The van der Waals surface area contributed by atoms with Crippen molar-refractivity contribution in [2.45, 2.75) is 31.6 Å². The molecular formula is C21H27N3O5S. The lowest BCUT2D eigenvalue weighted by Gasteiger charge is -2.15. The maximum absolute atomic E-state index is 12.3. The Morgan fingerprint density at radius 1 is 1.07 bits per heavy atom. The van der Waals surface area contributed by atoms with E-state index in [2.05, 4.69) is 10.9 Å². The molecule has 0 radical (unpaired) electrons. The molecule has 30 heavy (non-hydrogen) atoms. The Bertz CT molecular complexity index is 1030. The smallest absolute Gasteiger partial charge is 0.276 e. The number of nitrogens with one attached hydrogen (secondary N) is 2. The van der Waals surface area contributed by atoms with Crippen LogP contribution < -0.4 is 15.6 Å². The van der Waals surface area contributed by atoms with E-state index in [1.54, 1.807) is 0 Å². The number of carbonyl (C=O) groups is 2. The van der Waals surface area contributed by atoms with Crippen molar-refractivity contribution in [3.05, 3.63) is 59.2 Å². The molecule has 2 aromatic carbocycles. The predicted octanol–water partition coefficient (Wildman–Crippen LogP) is 2.21. The van der Waals surface area contributed by atoms with E-state index in [0.29, 0.717) is 5.75 Å². The largest absolute Gasteiger partial charge is 0.483 e. The Morgan fingerprint density at radius 2 is 1.77 bits per heavy atom. The summed E-state index contributed by atoms with van der Waals surface area (Å²) >= 11 is 0. The van der Waals surface area contributed by atoms with Gasteiger partial charge in [0, 0.05) is 19.7 Å². The first-order valence-corrected chi connectivity index (χ1v) is 10.8. The van der Waals surface area contributed by atoms with Gasteiger partial charge in [0.25, 0.3) is 11.8 Å². The van der Waals surface area contributed by atoms with Crippen LogP contribution in [0.4, 0.5) is 0 Å². The highest BCUT2D eigenvalue weighted by molar-refractivity contribution is 7.89. The van der Waals surface area contributed by atoms with Crippen molar-refractivity contribution < 1.29 is 22.7 Å². The van der Waals surface area contributed by atoms with Crippen LogP contribution in [0.15, 0.2) is 47.4 Å². The molecule has 0 unspecified atom stereocenters. The van der Waals surface area contributed by atoms with Crippen LogP contribution in [0, 0.1) is 6.92 Å². The number of aryl methyl sites for hydroxylation is 1. The van der Waals surface area contributed by atoms with Gasteiger partial charge in [-0.1, -0.05) is 32.0 Å². The average molecular weight is 434 g/mol. The minimum Gasteiger partial charge on any atom is -0.483 e. The Morgan fingerprint density at radius 3 is 2.40 bits per heavy atom. The molecule has 0 spiro atoms. The number of nitrogens with zero attached hydrogens (tertiary/aromatic N) is 1. The predicted molar refractivity (Wildman–Crippen MR) is 114 cm³/mol. The molecule has 8 nitrogen and oxygen atoms in total. The molecular weight excluding hydrogens is 406 g/mol. The Kier molecular flexibility index (Phi) is 7.58. The highest BCUT2D eigenvalue weighted by Gasteiger charge is 2.19. The summed E-state index contributed by atoms with van der Waals surface area (Å²) in [4.78, 5) is 24.3.